The molecule has 4 heterocycles. The van der Waals surface area contributed by atoms with Crippen molar-refractivity contribution in [2.75, 3.05) is 41.4 Å². The molecule has 1 saturated heterocycles. The van der Waals surface area contributed by atoms with E-state index in [1.165, 1.54) is 0 Å². The Morgan fingerprint density at radius 1 is 1.13 bits per heavy atom. The zero-order chi connectivity index (χ0) is 20.9. The summed E-state index contributed by atoms with van der Waals surface area (Å²) in [7, 11) is -2.96. The lowest BCUT2D eigenvalue weighted by atomic mass is 10.0. The molecule has 9 heteroatoms. The van der Waals surface area contributed by atoms with E-state index in [9.17, 15) is 8.42 Å². The van der Waals surface area contributed by atoms with Gasteiger partial charge in [0.05, 0.1) is 29.4 Å². The molecule has 3 aliphatic heterocycles. The molecule has 1 fully saturated rings. The Hall–Kier alpha value is -2.71. The van der Waals surface area contributed by atoms with Gasteiger partial charge in [-0.1, -0.05) is 29.8 Å². The standard InChI is InChI=1S/C21H20ClN5O2S/c1-13-11-24-21-19(13)26-20(14-4-2-3-5-16(14)22)15-12-23-18(10-17(15)25-21)27-6-8-30(28,29)9-7-27/h2-5,10,12H,6-9,11H2,1H3,(H,24,25). The first-order valence-corrected chi connectivity index (χ1v) is 11.9. The number of aromatic nitrogens is 1. The van der Waals surface area contributed by atoms with Crippen LogP contribution in [0.15, 0.2) is 57.8 Å². The number of aliphatic imine (C=N–C) groups is 2. The molecule has 0 unspecified atom stereocenters. The van der Waals surface area contributed by atoms with Gasteiger partial charge in [0, 0.05) is 41.5 Å². The lowest BCUT2D eigenvalue weighted by Crippen LogP contribution is -2.40. The van der Waals surface area contributed by atoms with Gasteiger partial charge >= 0.3 is 0 Å². The lowest BCUT2D eigenvalue weighted by Gasteiger charge is -2.28. The van der Waals surface area contributed by atoms with Gasteiger partial charge in [0.1, 0.15) is 11.5 Å². The van der Waals surface area contributed by atoms with Gasteiger partial charge < -0.3 is 10.2 Å². The number of hydrogen-bond acceptors (Lipinski definition) is 7. The molecule has 0 saturated carbocycles. The summed E-state index contributed by atoms with van der Waals surface area (Å²) in [5, 5.41) is 4.03. The molecule has 2 aromatic rings. The van der Waals surface area contributed by atoms with Crippen molar-refractivity contribution in [3.63, 3.8) is 0 Å². The summed E-state index contributed by atoms with van der Waals surface area (Å²) in [6.45, 7) is 3.50. The topological polar surface area (TPSA) is 87.0 Å². The maximum atomic E-state index is 11.8. The first kappa shape index (κ1) is 19.3. The number of nitrogens with one attached hydrogen (secondary N) is 1. The number of pyridine rings is 1. The molecule has 0 spiro atoms. The number of hydrogen-bond donors (Lipinski definition) is 1. The molecular weight excluding hydrogens is 422 g/mol. The van der Waals surface area contributed by atoms with Crippen LogP contribution in [0, 0.1) is 0 Å². The van der Waals surface area contributed by atoms with Gasteiger partial charge in [-0.3, -0.25) is 4.99 Å². The Bertz CT molecular complexity index is 1240. The zero-order valence-electron chi connectivity index (χ0n) is 16.4. The molecule has 30 heavy (non-hydrogen) atoms. The molecule has 0 bridgehead atoms. The van der Waals surface area contributed by atoms with Crippen LogP contribution in [-0.4, -0.2) is 56.1 Å². The van der Waals surface area contributed by atoms with Crippen molar-refractivity contribution in [3.8, 4) is 0 Å². The van der Waals surface area contributed by atoms with Gasteiger partial charge in [-0.15, -0.1) is 0 Å². The van der Waals surface area contributed by atoms with E-state index in [-0.39, 0.29) is 11.5 Å². The number of amidine groups is 1. The van der Waals surface area contributed by atoms with Crippen molar-refractivity contribution in [3.05, 3.63) is 63.9 Å². The Labute approximate surface area is 180 Å². The van der Waals surface area contributed by atoms with Crippen molar-refractivity contribution >= 4 is 44.5 Å². The fraction of sp³-hybridized carbons (Fsp3) is 0.286. The van der Waals surface area contributed by atoms with Crippen molar-refractivity contribution in [1.82, 2.24) is 4.98 Å². The normalized spacial score (nSPS) is 20.0. The zero-order valence-corrected chi connectivity index (χ0v) is 18.0. The van der Waals surface area contributed by atoms with Crippen molar-refractivity contribution in [2.24, 2.45) is 9.98 Å². The second-order valence-corrected chi connectivity index (χ2v) is 10.3. The van der Waals surface area contributed by atoms with Crippen molar-refractivity contribution < 1.29 is 8.42 Å². The average molecular weight is 442 g/mol. The Kier molecular flexibility index (Phi) is 4.63. The number of nitrogens with zero attached hydrogens (tertiary/aromatic N) is 4. The number of rotatable bonds is 2. The van der Waals surface area contributed by atoms with Crippen LogP contribution in [-0.2, 0) is 9.84 Å². The number of benzene rings is 1. The van der Waals surface area contributed by atoms with Crippen LogP contribution >= 0.6 is 11.6 Å². The van der Waals surface area contributed by atoms with Gasteiger partial charge in [-0.2, -0.15) is 0 Å². The largest absolute Gasteiger partial charge is 0.355 e. The summed E-state index contributed by atoms with van der Waals surface area (Å²) in [5.41, 5.74) is 5.14. The van der Waals surface area contributed by atoms with E-state index in [2.05, 4.69) is 15.3 Å². The van der Waals surface area contributed by atoms with Crippen LogP contribution in [0.3, 0.4) is 0 Å². The third-order valence-electron chi connectivity index (χ3n) is 5.52. The number of fused-ring (bicyclic) bond motifs is 2. The van der Waals surface area contributed by atoms with E-state index in [0.717, 1.165) is 45.4 Å². The number of anilines is 2. The maximum absolute atomic E-state index is 11.8. The highest BCUT2D eigenvalue weighted by Crippen LogP contribution is 2.32. The van der Waals surface area contributed by atoms with Crippen LogP contribution < -0.4 is 10.2 Å². The molecular formula is C21H20ClN5O2S. The maximum Gasteiger partial charge on any atom is 0.153 e. The molecule has 1 aromatic heterocycles. The Morgan fingerprint density at radius 2 is 1.90 bits per heavy atom. The smallest absolute Gasteiger partial charge is 0.153 e. The molecule has 0 amide bonds. The minimum absolute atomic E-state index is 0.143. The molecule has 1 aromatic carbocycles. The van der Waals surface area contributed by atoms with Crippen LogP contribution in [0.5, 0.6) is 0 Å². The van der Waals surface area contributed by atoms with Crippen molar-refractivity contribution in [1.29, 1.82) is 0 Å². The predicted octanol–water partition coefficient (Wildman–Crippen LogP) is 2.92. The molecule has 1 N–H and O–H groups in total. The predicted molar refractivity (Wildman–Crippen MR) is 121 cm³/mol. The summed E-state index contributed by atoms with van der Waals surface area (Å²) in [4.78, 5) is 16.2. The summed E-state index contributed by atoms with van der Waals surface area (Å²) in [5.74, 6) is 1.75. The monoisotopic (exact) mass is 441 g/mol. The van der Waals surface area contributed by atoms with E-state index in [0.29, 0.717) is 24.7 Å². The minimum Gasteiger partial charge on any atom is -0.355 e. The second-order valence-electron chi connectivity index (χ2n) is 7.59. The van der Waals surface area contributed by atoms with E-state index >= 15 is 0 Å². The lowest BCUT2D eigenvalue weighted by molar-refractivity contribution is 0.586. The van der Waals surface area contributed by atoms with E-state index in [1.54, 1.807) is 6.20 Å². The third kappa shape index (κ3) is 3.40. The first-order valence-electron chi connectivity index (χ1n) is 9.72. The average Bonchev–Trinajstić information content (AvgIpc) is 2.97. The molecule has 0 aliphatic carbocycles. The molecule has 0 radical (unpaired) electrons. The summed E-state index contributed by atoms with van der Waals surface area (Å²) in [6.07, 6.45) is 1.78. The van der Waals surface area contributed by atoms with E-state index in [4.69, 9.17) is 16.6 Å². The molecule has 7 nitrogen and oxygen atoms in total. The third-order valence-corrected chi connectivity index (χ3v) is 7.46. The highest BCUT2D eigenvalue weighted by atomic mass is 35.5. The quantitative estimate of drug-likeness (QED) is 0.774. The fourth-order valence-electron chi connectivity index (χ4n) is 3.81. The van der Waals surface area contributed by atoms with Gasteiger partial charge in [0.2, 0.25) is 0 Å². The highest BCUT2D eigenvalue weighted by molar-refractivity contribution is 7.91. The summed E-state index contributed by atoms with van der Waals surface area (Å²) in [6, 6.07) is 9.56. The Balaban J connectivity index is 1.61. The van der Waals surface area contributed by atoms with Gasteiger partial charge in [0.25, 0.3) is 0 Å². The van der Waals surface area contributed by atoms with Crippen LogP contribution in [0.1, 0.15) is 18.1 Å². The van der Waals surface area contributed by atoms with E-state index < -0.39 is 9.84 Å². The van der Waals surface area contributed by atoms with Gasteiger partial charge in [-0.05, 0) is 18.6 Å². The summed E-state index contributed by atoms with van der Waals surface area (Å²) >= 11 is 6.50. The molecule has 3 aliphatic rings. The van der Waals surface area contributed by atoms with Crippen LogP contribution in [0.2, 0.25) is 5.02 Å². The summed E-state index contributed by atoms with van der Waals surface area (Å²) < 4.78 is 23.6. The minimum atomic E-state index is -2.96. The number of sulfone groups is 1. The van der Waals surface area contributed by atoms with Crippen molar-refractivity contribution in [2.45, 2.75) is 6.92 Å². The van der Waals surface area contributed by atoms with E-state index in [1.807, 2.05) is 42.2 Å². The van der Waals surface area contributed by atoms with Gasteiger partial charge in [-0.25, -0.2) is 18.4 Å². The van der Waals surface area contributed by atoms with Crippen LogP contribution in [0.4, 0.5) is 11.5 Å². The molecule has 154 valence electrons. The second kappa shape index (κ2) is 7.21. The molecule has 5 rings (SSSR count). The fourth-order valence-corrected chi connectivity index (χ4v) is 5.23. The Morgan fingerprint density at radius 3 is 2.67 bits per heavy atom. The van der Waals surface area contributed by atoms with Gasteiger partial charge in [0.15, 0.2) is 15.7 Å². The highest BCUT2D eigenvalue weighted by Gasteiger charge is 2.28. The SMILES string of the molecule is CC1=C2N=C(c3ccccc3Cl)c3cnc(N4CCS(=O)(=O)CC4)cc3NC2=NC1. The molecule has 0 atom stereocenters. The number of halogens is 1. The first-order chi connectivity index (χ1) is 14.4. The van der Waals surface area contributed by atoms with Crippen LogP contribution in [0.25, 0.3) is 0 Å².